The van der Waals surface area contributed by atoms with E-state index >= 15 is 0 Å². The number of nitrogens with zero attached hydrogens (tertiary/aromatic N) is 1. The van der Waals surface area contributed by atoms with Gasteiger partial charge in [0, 0.05) is 19.5 Å². The van der Waals surface area contributed by atoms with Crippen molar-refractivity contribution in [2.24, 2.45) is 0 Å². The minimum Gasteiger partial charge on any atom is -0.489 e. The molecule has 0 bridgehead atoms. The molecule has 24 heavy (non-hydrogen) atoms. The van der Waals surface area contributed by atoms with Gasteiger partial charge in [-0.05, 0) is 30.5 Å². The average molecular weight is 337 g/mol. The summed E-state index contributed by atoms with van der Waals surface area (Å²) in [5.41, 5.74) is 1.44. The largest absolute Gasteiger partial charge is 0.489 e. The van der Waals surface area contributed by atoms with E-state index in [1.54, 1.807) is 0 Å². The van der Waals surface area contributed by atoms with Gasteiger partial charge in [0.15, 0.2) is 0 Å². The van der Waals surface area contributed by atoms with Gasteiger partial charge >= 0.3 is 0 Å². The van der Waals surface area contributed by atoms with Gasteiger partial charge in [0.1, 0.15) is 18.1 Å². The first-order valence-electron chi connectivity index (χ1n) is 8.26. The summed E-state index contributed by atoms with van der Waals surface area (Å²) >= 11 is 0. The highest BCUT2D eigenvalue weighted by atomic mass is 16.5. The van der Waals surface area contributed by atoms with E-state index in [0.717, 1.165) is 31.5 Å². The number of carbonyl (C=O) groups excluding carboxylic acids is 1. The fourth-order valence-electron chi connectivity index (χ4n) is 2.36. The third-order valence-corrected chi connectivity index (χ3v) is 3.50. The Hall–Kier alpha value is -1.88. The predicted octanol–water partition coefficient (Wildman–Crippen LogP) is 3.36. The third kappa shape index (κ3) is 8.67. The van der Waals surface area contributed by atoms with Gasteiger partial charge in [-0.25, -0.2) is 0 Å². The quantitative estimate of drug-likeness (QED) is 0.857. The van der Waals surface area contributed by atoms with Crippen LogP contribution in [0.2, 0.25) is 0 Å². The molecule has 0 amide bonds. The number of para-hydroxylation sites is 1. The Morgan fingerprint density at radius 1 is 1.29 bits per heavy atom. The summed E-state index contributed by atoms with van der Waals surface area (Å²) in [6.07, 6.45) is 3.00. The van der Waals surface area contributed by atoms with Gasteiger partial charge < -0.3 is 19.5 Å². The van der Waals surface area contributed by atoms with Crippen molar-refractivity contribution in [1.29, 1.82) is 0 Å². The van der Waals surface area contributed by atoms with Crippen LogP contribution in [0.5, 0.6) is 5.75 Å². The van der Waals surface area contributed by atoms with Crippen molar-refractivity contribution >= 4 is 12.8 Å². The van der Waals surface area contributed by atoms with Crippen LogP contribution in [-0.2, 0) is 15.0 Å². The Morgan fingerprint density at radius 3 is 2.25 bits per heavy atom. The van der Waals surface area contributed by atoms with E-state index in [0.29, 0.717) is 12.5 Å². The minimum atomic E-state index is -0.250. The maximum atomic E-state index is 9.17. The van der Waals surface area contributed by atoms with E-state index in [9.17, 15) is 4.79 Å². The third-order valence-electron chi connectivity index (χ3n) is 3.50. The van der Waals surface area contributed by atoms with Crippen molar-refractivity contribution in [3.8, 4) is 5.75 Å². The highest BCUT2D eigenvalue weighted by molar-refractivity contribution is 5.48. The van der Waals surface area contributed by atoms with Gasteiger partial charge in [-0.3, -0.25) is 4.79 Å². The highest BCUT2D eigenvalue weighted by Gasteiger charge is 2.24. The number of aldehydes is 1. The number of hydrogen-bond donors (Lipinski definition) is 1. The normalized spacial score (nSPS) is 17.0. The highest BCUT2D eigenvalue weighted by Crippen LogP contribution is 2.32. The first-order valence-corrected chi connectivity index (χ1v) is 8.26. The number of carboxylic acid groups (broad SMARTS) is 1. The lowest BCUT2D eigenvalue weighted by Crippen LogP contribution is -2.23. The molecule has 5 heteroatoms. The molecule has 5 nitrogen and oxygen atoms in total. The number of ether oxygens (including phenoxy) is 1. The second-order valence-corrected chi connectivity index (χ2v) is 6.72. The van der Waals surface area contributed by atoms with Gasteiger partial charge in [0.2, 0.25) is 0 Å². The van der Waals surface area contributed by atoms with Crippen LogP contribution in [0.4, 0.5) is 0 Å². The smallest absolute Gasteiger partial charge is 0.290 e. The molecule has 1 N–H and O–H groups in total. The molecule has 1 unspecified atom stereocenters. The van der Waals surface area contributed by atoms with Crippen LogP contribution in [0.25, 0.3) is 0 Å². The lowest BCUT2D eigenvalue weighted by molar-refractivity contribution is -0.122. The van der Waals surface area contributed by atoms with E-state index in [2.05, 4.69) is 57.0 Å². The number of rotatable bonds is 3. The van der Waals surface area contributed by atoms with Gasteiger partial charge in [-0.2, -0.15) is 0 Å². The number of likely N-dealkylation sites (tertiary alicyclic amines) is 1. The van der Waals surface area contributed by atoms with Gasteiger partial charge in [-0.15, -0.1) is 0 Å². The predicted molar refractivity (Wildman–Crippen MR) is 96.7 cm³/mol. The maximum absolute atomic E-state index is 9.17. The van der Waals surface area contributed by atoms with Gasteiger partial charge in [0.25, 0.3) is 6.47 Å². The van der Waals surface area contributed by atoms with Crippen LogP contribution in [-0.4, -0.2) is 49.0 Å². The molecule has 1 aromatic rings. The molecule has 1 saturated heterocycles. The maximum Gasteiger partial charge on any atom is 0.290 e. The molecule has 1 aliphatic rings. The van der Waals surface area contributed by atoms with Crippen molar-refractivity contribution in [2.45, 2.75) is 52.1 Å². The summed E-state index contributed by atoms with van der Waals surface area (Å²) in [5, 5.41) is 6.89. The Morgan fingerprint density at radius 2 is 1.83 bits per heavy atom. The van der Waals surface area contributed by atoms with Crippen LogP contribution in [0.1, 0.15) is 46.1 Å². The number of hydrogen-bond acceptors (Lipinski definition) is 4. The molecular weight excluding hydrogens is 306 g/mol. The van der Waals surface area contributed by atoms with Crippen molar-refractivity contribution in [1.82, 2.24) is 4.90 Å². The molecule has 1 aromatic carbocycles. The number of benzene rings is 1. The van der Waals surface area contributed by atoms with E-state index in [-0.39, 0.29) is 11.9 Å². The summed E-state index contributed by atoms with van der Waals surface area (Å²) in [6.45, 7) is 10.4. The van der Waals surface area contributed by atoms with E-state index in [4.69, 9.17) is 14.6 Å². The molecule has 1 atom stereocenters. The summed E-state index contributed by atoms with van der Waals surface area (Å²) in [6, 6.07) is 8.42. The van der Waals surface area contributed by atoms with Crippen molar-refractivity contribution < 1.29 is 19.4 Å². The standard InChI is InChI=1S/C15H23NO.C3H6O.CH2O2/c1-15(2,3)13-7-5-6-8-14(13)17-12-9-10-16(4)11-12;1-2-3-4;2-1-3/h5-8,12H,9-11H2,1-4H3;3H,2H2,1H3;1H,(H,2,3). The number of likely N-dealkylation sites (N-methyl/N-ethyl adjacent to an activating group) is 1. The summed E-state index contributed by atoms with van der Waals surface area (Å²) in [7, 11) is 2.15. The Balaban J connectivity index is 0.000000648. The Bertz CT molecular complexity index is 483. The molecule has 0 aromatic heterocycles. The second kappa shape index (κ2) is 11.6. The summed E-state index contributed by atoms with van der Waals surface area (Å²) in [4.78, 5) is 19.9. The van der Waals surface area contributed by atoms with Crippen LogP contribution >= 0.6 is 0 Å². The molecule has 0 spiro atoms. The van der Waals surface area contributed by atoms with Crippen LogP contribution in [0, 0.1) is 0 Å². The molecule has 2 rings (SSSR count). The fraction of sp³-hybridized carbons (Fsp3) is 0.579. The molecule has 136 valence electrons. The molecule has 1 aliphatic heterocycles. The average Bonchev–Trinajstić information content (AvgIpc) is 2.93. The van der Waals surface area contributed by atoms with Crippen LogP contribution < -0.4 is 4.74 Å². The monoisotopic (exact) mass is 337 g/mol. The molecule has 0 aliphatic carbocycles. The summed E-state index contributed by atoms with van der Waals surface area (Å²) < 4.78 is 6.16. The number of carbonyl (C=O) groups is 2. The lowest BCUT2D eigenvalue weighted by Gasteiger charge is -2.24. The van der Waals surface area contributed by atoms with Gasteiger partial charge in [0.05, 0.1) is 0 Å². The first-order chi connectivity index (χ1) is 11.3. The molecule has 0 radical (unpaired) electrons. The minimum absolute atomic E-state index is 0.140. The topological polar surface area (TPSA) is 66.8 Å². The molecule has 1 fully saturated rings. The molecule has 0 saturated carbocycles. The van der Waals surface area contributed by atoms with Crippen molar-refractivity contribution in [3.63, 3.8) is 0 Å². The molecular formula is C19H31NO4. The second-order valence-electron chi connectivity index (χ2n) is 6.72. The first kappa shape index (κ1) is 22.1. The zero-order valence-electron chi connectivity index (χ0n) is 15.5. The Kier molecular flexibility index (Phi) is 10.7. The Labute approximate surface area is 145 Å². The van der Waals surface area contributed by atoms with E-state index in [1.807, 2.05) is 6.92 Å². The van der Waals surface area contributed by atoms with E-state index in [1.165, 1.54) is 5.56 Å². The zero-order valence-corrected chi connectivity index (χ0v) is 15.5. The van der Waals surface area contributed by atoms with Crippen molar-refractivity contribution in [3.05, 3.63) is 29.8 Å². The van der Waals surface area contributed by atoms with Crippen molar-refractivity contribution in [2.75, 3.05) is 20.1 Å². The van der Waals surface area contributed by atoms with Crippen LogP contribution in [0.15, 0.2) is 24.3 Å². The van der Waals surface area contributed by atoms with E-state index < -0.39 is 0 Å². The summed E-state index contributed by atoms with van der Waals surface area (Å²) in [5.74, 6) is 1.06. The molecule has 1 heterocycles. The SMILES string of the molecule is CCC=O.CN1CCC(Oc2ccccc2C(C)(C)C)C1.O=CO. The lowest BCUT2D eigenvalue weighted by atomic mass is 9.86. The van der Waals surface area contributed by atoms with Gasteiger partial charge in [-0.1, -0.05) is 45.9 Å². The zero-order chi connectivity index (χ0) is 18.6. The van der Waals surface area contributed by atoms with Crippen LogP contribution in [0.3, 0.4) is 0 Å². The fourth-order valence-corrected chi connectivity index (χ4v) is 2.36.